The molecule has 0 spiro atoms. The van der Waals surface area contributed by atoms with Crippen molar-refractivity contribution in [2.45, 2.75) is 25.7 Å². The normalized spacial score (nSPS) is 14.7. The molecule has 0 saturated carbocycles. The van der Waals surface area contributed by atoms with Gasteiger partial charge in [-0.25, -0.2) is 0 Å². The molecule has 1 aliphatic heterocycles. The molecule has 3 aromatic carbocycles. The van der Waals surface area contributed by atoms with Gasteiger partial charge in [0.2, 0.25) is 0 Å². The molecule has 1 saturated heterocycles. The van der Waals surface area contributed by atoms with E-state index in [1.54, 1.807) is 12.1 Å². The second-order valence-electron chi connectivity index (χ2n) is 8.95. The number of hydrogen-bond acceptors (Lipinski definition) is 5. The summed E-state index contributed by atoms with van der Waals surface area (Å²) in [6.45, 7) is 3.88. The Hall–Kier alpha value is -2.86. The number of halogens is 1. The van der Waals surface area contributed by atoms with Gasteiger partial charge >= 0.3 is 0 Å². The van der Waals surface area contributed by atoms with Crippen LogP contribution in [0.3, 0.4) is 0 Å². The van der Waals surface area contributed by atoms with Gasteiger partial charge in [-0.15, -0.1) is 11.3 Å². The Morgan fingerprint density at radius 3 is 2.37 bits per heavy atom. The molecule has 1 fully saturated rings. The lowest BCUT2D eigenvalue weighted by molar-refractivity contribution is 0.104. The average molecular weight is 506 g/mol. The molecule has 4 nitrogen and oxygen atoms in total. The van der Waals surface area contributed by atoms with Gasteiger partial charge in [-0.2, -0.15) is 0 Å². The molecule has 0 amide bonds. The number of likely N-dealkylation sites (tertiary alicyclic amines) is 1. The molecular weight excluding hydrogens is 478 g/mol. The zero-order valence-electron chi connectivity index (χ0n) is 19.5. The smallest absolute Gasteiger partial charge is 0.195 e. The molecule has 0 atom stereocenters. The number of rotatable bonds is 7. The highest BCUT2D eigenvalue weighted by Gasteiger charge is 2.22. The number of carbonyl (C=O) groups is 1. The maximum absolute atomic E-state index is 13.7. The minimum Gasteiger partial charge on any atom is -0.508 e. The molecule has 0 radical (unpaired) electrons. The second-order valence-corrected chi connectivity index (χ2v) is 10.4. The summed E-state index contributed by atoms with van der Waals surface area (Å²) < 4.78 is 6.84. The number of phenols is 1. The Kier molecular flexibility index (Phi) is 7.37. The summed E-state index contributed by atoms with van der Waals surface area (Å²) in [4.78, 5) is 17.0. The Bertz CT molecular complexity index is 1310. The second kappa shape index (κ2) is 10.8. The van der Waals surface area contributed by atoms with Crippen LogP contribution in [0.1, 0.15) is 41.6 Å². The van der Waals surface area contributed by atoms with E-state index in [0.717, 1.165) is 45.9 Å². The first kappa shape index (κ1) is 23.9. The number of aromatic hydroxyl groups is 1. The van der Waals surface area contributed by atoms with Gasteiger partial charge in [-0.3, -0.25) is 9.69 Å². The lowest BCUT2D eigenvalue weighted by atomic mass is 9.97. The van der Waals surface area contributed by atoms with Crippen LogP contribution in [0.5, 0.6) is 11.5 Å². The van der Waals surface area contributed by atoms with Crippen LogP contribution in [0.15, 0.2) is 66.7 Å². The van der Waals surface area contributed by atoms with E-state index in [9.17, 15) is 9.90 Å². The quantitative estimate of drug-likeness (QED) is 0.265. The zero-order valence-corrected chi connectivity index (χ0v) is 21.1. The first-order valence-electron chi connectivity index (χ1n) is 12.1. The third kappa shape index (κ3) is 5.53. The number of nitrogens with zero attached hydrogens (tertiary/aromatic N) is 1. The molecule has 1 aromatic heterocycles. The van der Waals surface area contributed by atoms with Crippen LogP contribution in [0.2, 0.25) is 5.02 Å². The first-order valence-corrected chi connectivity index (χ1v) is 13.3. The Morgan fingerprint density at radius 1 is 0.943 bits per heavy atom. The molecule has 0 aliphatic carbocycles. The van der Waals surface area contributed by atoms with Gasteiger partial charge in [0.15, 0.2) is 5.78 Å². The molecule has 1 aliphatic rings. The van der Waals surface area contributed by atoms with Crippen molar-refractivity contribution in [1.82, 2.24) is 4.90 Å². The van der Waals surface area contributed by atoms with Crippen LogP contribution < -0.4 is 4.74 Å². The predicted molar refractivity (Wildman–Crippen MR) is 144 cm³/mol. The molecule has 4 aromatic rings. The van der Waals surface area contributed by atoms with Crippen LogP contribution in [0.4, 0.5) is 0 Å². The number of fused-ring (bicyclic) bond motifs is 1. The Balaban J connectivity index is 1.36. The fourth-order valence-electron chi connectivity index (χ4n) is 4.61. The molecule has 5 rings (SSSR count). The number of hydrogen-bond donors (Lipinski definition) is 1. The molecular formula is C29H28ClNO3S. The van der Waals surface area contributed by atoms with Crippen molar-refractivity contribution < 1.29 is 14.6 Å². The monoisotopic (exact) mass is 505 g/mol. The van der Waals surface area contributed by atoms with Gasteiger partial charge in [0, 0.05) is 37.7 Å². The van der Waals surface area contributed by atoms with E-state index >= 15 is 0 Å². The summed E-state index contributed by atoms with van der Waals surface area (Å²) in [7, 11) is 0. The van der Waals surface area contributed by atoms with Crippen molar-refractivity contribution in [1.29, 1.82) is 0 Å². The molecule has 180 valence electrons. The van der Waals surface area contributed by atoms with Crippen LogP contribution in [-0.2, 0) is 0 Å². The number of carbonyl (C=O) groups excluding carboxylic acids is 1. The minimum absolute atomic E-state index is 0.0528. The number of ketones is 1. The molecule has 1 N–H and O–H groups in total. The fraction of sp³-hybridized carbons (Fsp3) is 0.276. The van der Waals surface area contributed by atoms with E-state index in [0.29, 0.717) is 22.8 Å². The van der Waals surface area contributed by atoms with E-state index in [-0.39, 0.29) is 11.5 Å². The third-order valence-corrected chi connectivity index (χ3v) is 7.95. The van der Waals surface area contributed by atoms with Crippen molar-refractivity contribution in [2.75, 3.05) is 26.2 Å². The average Bonchev–Trinajstić information content (AvgIpc) is 3.04. The van der Waals surface area contributed by atoms with Crippen molar-refractivity contribution >= 4 is 38.8 Å². The van der Waals surface area contributed by atoms with Gasteiger partial charge in [0.1, 0.15) is 18.1 Å². The molecule has 35 heavy (non-hydrogen) atoms. The Morgan fingerprint density at radius 2 is 1.66 bits per heavy atom. The van der Waals surface area contributed by atoms with Gasteiger partial charge < -0.3 is 9.84 Å². The van der Waals surface area contributed by atoms with Crippen LogP contribution in [0, 0.1) is 0 Å². The molecule has 2 heterocycles. The fourth-order valence-corrected chi connectivity index (χ4v) is 5.98. The van der Waals surface area contributed by atoms with Gasteiger partial charge in [0.05, 0.1) is 0 Å². The SMILES string of the molecule is O=C(c1ccc(OCCN2CCCCCC2)cc1)c1c(-c2ccc(Cl)cc2)sc2cc(O)ccc12. The lowest BCUT2D eigenvalue weighted by Crippen LogP contribution is -2.29. The summed E-state index contributed by atoms with van der Waals surface area (Å²) in [5.74, 6) is 0.902. The van der Waals surface area contributed by atoms with Gasteiger partial charge in [0.25, 0.3) is 0 Å². The molecule has 0 bridgehead atoms. The van der Waals surface area contributed by atoms with Crippen molar-refractivity contribution in [3.8, 4) is 21.9 Å². The largest absolute Gasteiger partial charge is 0.508 e. The first-order chi connectivity index (χ1) is 17.1. The predicted octanol–water partition coefficient (Wildman–Crippen LogP) is 7.41. The van der Waals surface area contributed by atoms with Crippen molar-refractivity contribution in [3.63, 3.8) is 0 Å². The number of benzene rings is 3. The number of thiophene rings is 1. The van der Waals surface area contributed by atoms with E-state index < -0.39 is 0 Å². The van der Waals surface area contributed by atoms with Crippen LogP contribution >= 0.6 is 22.9 Å². The van der Waals surface area contributed by atoms with Gasteiger partial charge in [-0.1, -0.05) is 36.6 Å². The topological polar surface area (TPSA) is 49.8 Å². The molecule has 6 heteroatoms. The lowest BCUT2D eigenvalue weighted by Gasteiger charge is -2.19. The highest BCUT2D eigenvalue weighted by Crippen LogP contribution is 2.41. The summed E-state index contributed by atoms with van der Waals surface area (Å²) in [5, 5.41) is 11.5. The summed E-state index contributed by atoms with van der Waals surface area (Å²) in [6, 6.07) is 20.0. The summed E-state index contributed by atoms with van der Waals surface area (Å²) in [5.41, 5.74) is 2.17. The highest BCUT2D eigenvalue weighted by atomic mass is 35.5. The molecule has 0 unspecified atom stereocenters. The van der Waals surface area contributed by atoms with Crippen molar-refractivity contribution in [3.05, 3.63) is 82.9 Å². The standard InChI is InChI=1S/C29H28ClNO3S/c30-22-9-5-21(6-10-22)29-27(25-14-11-23(32)19-26(25)35-29)28(33)20-7-12-24(13-8-20)34-18-17-31-15-3-1-2-4-16-31/h5-14,19,32H,1-4,15-18H2. The van der Waals surface area contributed by atoms with Crippen LogP contribution in [-0.4, -0.2) is 42.0 Å². The van der Waals surface area contributed by atoms with E-state index in [2.05, 4.69) is 4.90 Å². The number of phenolic OH excluding ortho intramolecular Hbond substituents is 1. The van der Waals surface area contributed by atoms with E-state index in [4.69, 9.17) is 16.3 Å². The Labute approximate surface area is 214 Å². The minimum atomic E-state index is -0.0528. The maximum Gasteiger partial charge on any atom is 0.195 e. The third-order valence-electron chi connectivity index (χ3n) is 6.50. The van der Waals surface area contributed by atoms with E-state index in [1.807, 2.05) is 54.6 Å². The number of ether oxygens (including phenoxy) is 1. The van der Waals surface area contributed by atoms with Crippen molar-refractivity contribution in [2.24, 2.45) is 0 Å². The zero-order chi connectivity index (χ0) is 24.2. The van der Waals surface area contributed by atoms with E-state index in [1.165, 1.54) is 37.0 Å². The van der Waals surface area contributed by atoms with Crippen LogP contribution in [0.25, 0.3) is 20.5 Å². The van der Waals surface area contributed by atoms with Gasteiger partial charge in [-0.05, 0) is 86.1 Å². The maximum atomic E-state index is 13.7. The highest BCUT2D eigenvalue weighted by molar-refractivity contribution is 7.22. The summed E-state index contributed by atoms with van der Waals surface area (Å²) >= 11 is 7.58. The summed E-state index contributed by atoms with van der Waals surface area (Å²) in [6.07, 6.45) is 5.19.